The monoisotopic (exact) mass is 267 g/mol. The van der Waals surface area contributed by atoms with Crippen molar-refractivity contribution in [3.8, 4) is 0 Å². The van der Waals surface area contributed by atoms with E-state index in [-0.39, 0.29) is 0 Å². The minimum absolute atomic E-state index is 0.653. The summed E-state index contributed by atoms with van der Waals surface area (Å²) in [4.78, 5) is 15.7. The van der Waals surface area contributed by atoms with Gasteiger partial charge in [-0.25, -0.2) is 4.98 Å². The molecule has 4 heteroatoms. The van der Waals surface area contributed by atoms with Crippen LogP contribution in [0.2, 0.25) is 0 Å². The first-order chi connectivity index (χ1) is 8.49. The predicted octanol–water partition coefficient (Wildman–Crippen LogP) is 3.84. The first-order valence-electron chi connectivity index (χ1n) is 6.67. The van der Waals surface area contributed by atoms with E-state index in [2.05, 4.69) is 10.4 Å². The summed E-state index contributed by atoms with van der Waals surface area (Å²) < 4.78 is 0. The third-order valence-electron chi connectivity index (χ3n) is 3.89. The maximum atomic E-state index is 11.0. The number of carboxylic acid groups (broad SMARTS) is 1. The highest BCUT2D eigenvalue weighted by molar-refractivity contribution is 7.09. The van der Waals surface area contributed by atoms with Crippen LogP contribution < -0.4 is 0 Å². The summed E-state index contributed by atoms with van der Waals surface area (Å²) in [6.07, 6.45) is 6.61. The quantitative estimate of drug-likeness (QED) is 0.881. The Morgan fingerprint density at radius 1 is 1.50 bits per heavy atom. The first-order valence-corrected chi connectivity index (χ1v) is 7.55. The minimum atomic E-state index is -0.727. The Balaban J connectivity index is 1.92. The zero-order valence-corrected chi connectivity index (χ0v) is 11.9. The number of hydrogen-bond donors (Lipinski definition) is 1. The summed E-state index contributed by atoms with van der Waals surface area (Å²) in [6.45, 7) is 3.56. The molecule has 3 nitrogen and oxygen atoms in total. The van der Waals surface area contributed by atoms with E-state index in [9.17, 15) is 4.79 Å². The number of thiazole rings is 1. The van der Waals surface area contributed by atoms with E-state index >= 15 is 0 Å². The molecule has 1 aromatic heterocycles. The van der Waals surface area contributed by atoms with E-state index < -0.39 is 11.4 Å². The van der Waals surface area contributed by atoms with Crippen LogP contribution in [0.4, 0.5) is 0 Å². The second kappa shape index (κ2) is 5.39. The topological polar surface area (TPSA) is 50.2 Å². The van der Waals surface area contributed by atoms with Gasteiger partial charge in [-0.3, -0.25) is 4.79 Å². The van der Waals surface area contributed by atoms with Crippen molar-refractivity contribution >= 4 is 17.3 Å². The van der Waals surface area contributed by atoms with Crippen molar-refractivity contribution < 1.29 is 9.90 Å². The van der Waals surface area contributed by atoms with Gasteiger partial charge in [0, 0.05) is 17.7 Å². The van der Waals surface area contributed by atoms with Crippen molar-refractivity contribution in [2.45, 2.75) is 58.3 Å². The van der Waals surface area contributed by atoms with E-state index in [1.807, 2.05) is 0 Å². The molecule has 1 N–H and O–H groups in total. The van der Waals surface area contributed by atoms with Gasteiger partial charge in [-0.2, -0.15) is 0 Å². The maximum absolute atomic E-state index is 11.0. The number of aliphatic carboxylic acids is 1. The lowest BCUT2D eigenvalue weighted by molar-refractivity contribution is -0.147. The van der Waals surface area contributed by atoms with Gasteiger partial charge in [0.1, 0.15) is 0 Å². The van der Waals surface area contributed by atoms with E-state index in [1.165, 1.54) is 31.4 Å². The second-order valence-corrected chi connectivity index (χ2v) is 6.78. The van der Waals surface area contributed by atoms with Crippen molar-refractivity contribution in [3.63, 3.8) is 0 Å². The molecule has 0 atom stereocenters. The Hall–Kier alpha value is -0.900. The molecule has 100 valence electrons. The van der Waals surface area contributed by atoms with Gasteiger partial charge in [-0.1, -0.05) is 12.8 Å². The Morgan fingerprint density at radius 3 is 2.78 bits per heavy atom. The smallest absolute Gasteiger partial charge is 0.309 e. The normalized spacial score (nSPS) is 17.2. The average molecular weight is 267 g/mol. The number of nitrogens with zero attached hydrogens (tertiary/aromatic N) is 1. The molecule has 0 aliphatic heterocycles. The number of aromatic nitrogens is 1. The van der Waals surface area contributed by atoms with Crippen LogP contribution in [0.25, 0.3) is 0 Å². The Labute approximate surface area is 112 Å². The summed E-state index contributed by atoms with van der Waals surface area (Å²) in [5, 5.41) is 12.3. The van der Waals surface area contributed by atoms with E-state index in [1.54, 1.807) is 25.2 Å². The first kappa shape index (κ1) is 13.5. The van der Waals surface area contributed by atoms with Crippen LogP contribution >= 0.6 is 11.3 Å². The molecule has 18 heavy (non-hydrogen) atoms. The number of carbonyl (C=O) groups is 1. The molecule has 1 heterocycles. The lowest BCUT2D eigenvalue weighted by Gasteiger charge is -2.17. The molecule has 1 aromatic rings. The van der Waals surface area contributed by atoms with Crippen molar-refractivity contribution in [2.24, 2.45) is 5.41 Å². The zero-order chi connectivity index (χ0) is 13.2. The van der Waals surface area contributed by atoms with Gasteiger partial charge in [-0.15, -0.1) is 11.3 Å². The van der Waals surface area contributed by atoms with Crippen LogP contribution in [-0.4, -0.2) is 16.1 Å². The average Bonchev–Trinajstić information content (AvgIpc) is 2.97. The van der Waals surface area contributed by atoms with Crippen LogP contribution in [0.5, 0.6) is 0 Å². The van der Waals surface area contributed by atoms with E-state index in [0.29, 0.717) is 12.3 Å². The van der Waals surface area contributed by atoms with Crippen LogP contribution in [-0.2, 0) is 11.2 Å². The molecule has 1 aliphatic rings. The van der Waals surface area contributed by atoms with Crippen LogP contribution in [0.3, 0.4) is 0 Å². The van der Waals surface area contributed by atoms with Crippen molar-refractivity contribution in [1.82, 2.24) is 4.98 Å². The lowest BCUT2D eigenvalue weighted by atomic mass is 9.88. The molecule has 0 amide bonds. The zero-order valence-electron chi connectivity index (χ0n) is 11.1. The van der Waals surface area contributed by atoms with Crippen molar-refractivity contribution in [3.05, 3.63) is 16.1 Å². The van der Waals surface area contributed by atoms with Crippen molar-refractivity contribution in [2.75, 3.05) is 0 Å². The molecule has 0 bridgehead atoms. The lowest BCUT2D eigenvalue weighted by Crippen LogP contribution is -2.24. The molecular weight excluding hydrogens is 246 g/mol. The van der Waals surface area contributed by atoms with E-state index in [4.69, 9.17) is 5.11 Å². The highest BCUT2D eigenvalue weighted by atomic mass is 32.1. The molecule has 0 radical (unpaired) electrons. The summed E-state index contributed by atoms with van der Waals surface area (Å²) in [5.74, 6) is -0.0717. The van der Waals surface area contributed by atoms with Gasteiger partial charge in [-0.05, 0) is 33.1 Å². The Bertz CT molecular complexity index is 419. The SMILES string of the molecule is CC(C)(CCc1nc(C2CCCC2)cs1)C(=O)O. The van der Waals surface area contributed by atoms with Crippen LogP contribution in [0, 0.1) is 5.41 Å². The predicted molar refractivity (Wildman–Crippen MR) is 73.1 cm³/mol. The maximum Gasteiger partial charge on any atom is 0.309 e. The molecule has 0 saturated heterocycles. The molecule has 1 saturated carbocycles. The number of hydrogen-bond acceptors (Lipinski definition) is 3. The summed E-state index contributed by atoms with van der Waals surface area (Å²) >= 11 is 1.68. The third kappa shape index (κ3) is 3.10. The Morgan fingerprint density at radius 2 is 2.17 bits per heavy atom. The molecule has 0 spiro atoms. The van der Waals surface area contributed by atoms with Gasteiger partial charge in [0.15, 0.2) is 0 Å². The second-order valence-electron chi connectivity index (χ2n) is 5.84. The fraction of sp³-hybridized carbons (Fsp3) is 0.714. The van der Waals surface area contributed by atoms with Gasteiger partial charge in [0.05, 0.1) is 16.1 Å². The molecule has 1 fully saturated rings. The number of rotatable bonds is 5. The van der Waals surface area contributed by atoms with Gasteiger partial charge in [0.25, 0.3) is 0 Å². The number of carboxylic acids is 1. The largest absolute Gasteiger partial charge is 0.481 e. The Kier molecular flexibility index (Phi) is 4.05. The molecule has 0 unspecified atom stereocenters. The molecular formula is C14H21NO2S. The fourth-order valence-corrected chi connectivity index (χ4v) is 3.26. The van der Waals surface area contributed by atoms with Crippen molar-refractivity contribution in [1.29, 1.82) is 0 Å². The van der Waals surface area contributed by atoms with Crippen LogP contribution in [0.15, 0.2) is 5.38 Å². The van der Waals surface area contributed by atoms with E-state index in [0.717, 1.165) is 11.4 Å². The summed E-state index contributed by atoms with van der Waals surface area (Å²) in [7, 11) is 0. The van der Waals surface area contributed by atoms with Crippen LogP contribution in [0.1, 0.15) is 62.6 Å². The fourth-order valence-electron chi connectivity index (χ4n) is 2.38. The number of aryl methyl sites for hydroxylation is 1. The highest BCUT2D eigenvalue weighted by Crippen LogP contribution is 2.35. The summed E-state index contributed by atoms with van der Waals surface area (Å²) in [5.41, 5.74) is 0.583. The highest BCUT2D eigenvalue weighted by Gasteiger charge is 2.27. The molecule has 2 rings (SSSR count). The van der Waals surface area contributed by atoms with Gasteiger partial charge in [0.2, 0.25) is 0 Å². The molecule has 1 aliphatic carbocycles. The minimum Gasteiger partial charge on any atom is -0.481 e. The van der Waals surface area contributed by atoms with Gasteiger partial charge >= 0.3 is 5.97 Å². The third-order valence-corrected chi connectivity index (χ3v) is 4.81. The summed E-state index contributed by atoms with van der Waals surface area (Å²) in [6, 6.07) is 0. The van der Waals surface area contributed by atoms with Gasteiger partial charge < -0.3 is 5.11 Å². The molecule has 0 aromatic carbocycles. The standard InChI is InChI=1S/C14H21NO2S/c1-14(2,13(16)17)8-7-12-15-11(9-18-12)10-5-3-4-6-10/h9-10H,3-8H2,1-2H3,(H,16,17).